The zero-order valence-electron chi connectivity index (χ0n) is 8.05. The van der Waals surface area contributed by atoms with E-state index in [4.69, 9.17) is 0 Å². The van der Waals surface area contributed by atoms with Gasteiger partial charge in [0.25, 0.3) is 0 Å². The summed E-state index contributed by atoms with van der Waals surface area (Å²) < 4.78 is 0. The molecule has 0 aliphatic heterocycles. The zero-order valence-corrected chi connectivity index (χ0v) is 8.87. The van der Waals surface area contributed by atoms with Gasteiger partial charge in [-0.15, -0.1) is 11.3 Å². The lowest BCUT2D eigenvalue weighted by molar-refractivity contribution is 0.404. The fraction of sp³-hybridized carbons (Fsp3) is 0.636. The summed E-state index contributed by atoms with van der Waals surface area (Å²) in [5, 5.41) is 2.31. The SMILES string of the molecule is Cc1csc2c1CC(C(C)C)C2. The molecule has 1 aliphatic carbocycles. The van der Waals surface area contributed by atoms with Crippen LogP contribution in [0.25, 0.3) is 0 Å². The molecule has 66 valence electrons. The number of thiophene rings is 1. The number of rotatable bonds is 1. The number of aryl methyl sites for hydroxylation is 1. The van der Waals surface area contributed by atoms with Crippen LogP contribution in [0, 0.1) is 18.8 Å². The molecule has 0 N–H and O–H groups in total. The molecule has 1 heterocycles. The summed E-state index contributed by atoms with van der Waals surface area (Å²) in [4.78, 5) is 1.66. The van der Waals surface area contributed by atoms with Gasteiger partial charge in [0.2, 0.25) is 0 Å². The molecule has 1 aliphatic rings. The second-order valence-electron chi connectivity index (χ2n) is 4.23. The van der Waals surface area contributed by atoms with Crippen molar-refractivity contribution in [2.75, 3.05) is 0 Å². The van der Waals surface area contributed by atoms with Crippen molar-refractivity contribution >= 4 is 11.3 Å². The Balaban J connectivity index is 2.22. The van der Waals surface area contributed by atoms with Gasteiger partial charge < -0.3 is 0 Å². The molecule has 0 aromatic carbocycles. The van der Waals surface area contributed by atoms with Gasteiger partial charge in [0.05, 0.1) is 0 Å². The van der Waals surface area contributed by atoms with Crippen LogP contribution >= 0.6 is 11.3 Å². The highest BCUT2D eigenvalue weighted by Gasteiger charge is 2.26. The zero-order chi connectivity index (χ0) is 8.72. The summed E-state index contributed by atoms with van der Waals surface area (Å²) in [5.41, 5.74) is 3.19. The maximum Gasteiger partial charge on any atom is 0.00830 e. The molecule has 1 unspecified atom stereocenters. The van der Waals surface area contributed by atoms with Gasteiger partial charge in [-0.1, -0.05) is 13.8 Å². The predicted molar refractivity (Wildman–Crippen MR) is 54.8 cm³/mol. The van der Waals surface area contributed by atoms with E-state index in [0.29, 0.717) is 0 Å². The van der Waals surface area contributed by atoms with Gasteiger partial charge in [-0.05, 0) is 48.1 Å². The van der Waals surface area contributed by atoms with E-state index in [9.17, 15) is 0 Å². The lowest BCUT2D eigenvalue weighted by Crippen LogP contribution is -2.07. The van der Waals surface area contributed by atoms with Crippen molar-refractivity contribution in [1.29, 1.82) is 0 Å². The maximum atomic E-state index is 2.34. The summed E-state index contributed by atoms with van der Waals surface area (Å²) in [7, 11) is 0. The van der Waals surface area contributed by atoms with Crippen LogP contribution in [0.4, 0.5) is 0 Å². The van der Waals surface area contributed by atoms with Gasteiger partial charge in [-0.2, -0.15) is 0 Å². The predicted octanol–water partition coefficient (Wildman–Crippen LogP) is 3.43. The van der Waals surface area contributed by atoms with Crippen LogP contribution < -0.4 is 0 Å². The molecule has 0 fully saturated rings. The van der Waals surface area contributed by atoms with E-state index in [1.807, 2.05) is 11.3 Å². The Morgan fingerprint density at radius 2 is 2.17 bits per heavy atom. The molecule has 1 aromatic rings. The third-order valence-electron chi connectivity index (χ3n) is 3.05. The Morgan fingerprint density at radius 3 is 2.75 bits per heavy atom. The monoisotopic (exact) mass is 180 g/mol. The van der Waals surface area contributed by atoms with Crippen molar-refractivity contribution < 1.29 is 0 Å². The minimum absolute atomic E-state index is 0.851. The molecule has 0 amide bonds. The highest BCUT2D eigenvalue weighted by molar-refractivity contribution is 7.10. The van der Waals surface area contributed by atoms with Gasteiger partial charge >= 0.3 is 0 Å². The van der Waals surface area contributed by atoms with E-state index in [0.717, 1.165) is 11.8 Å². The quantitative estimate of drug-likeness (QED) is 0.621. The van der Waals surface area contributed by atoms with Crippen LogP contribution in [0.1, 0.15) is 29.9 Å². The van der Waals surface area contributed by atoms with E-state index in [1.165, 1.54) is 18.4 Å². The van der Waals surface area contributed by atoms with E-state index < -0.39 is 0 Å². The summed E-state index contributed by atoms with van der Waals surface area (Å²) in [6.45, 7) is 6.94. The molecule has 1 aromatic heterocycles. The Kier molecular flexibility index (Phi) is 1.99. The van der Waals surface area contributed by atoms with Gasteiger partial charge in [0.1, 0.15) is 0 Å². The smallest absolute Gasteiger partial charge is 0.00830 e. The van der Waals surface area contributed by atoms with Crippen molar-refractivity contribution in [2.24, 2.45) is 11.8 Å². The first kappa shape index (κ1) is 8.31. The molecule has 0 spiro atoms. The lowest BCUT2D eigenvalue weighted by Gasteiger charge is -2.12. The molecule has 2 rings (SSSR count). The topological polar surface area (TPSA) is 0 Å². The second kappa shape index (κ2) is 2.88. The maximum absolute atomic E-state index is 2.34. The summed E-state index contributed by atoms with van der Waals surface area (Å²) in [5.74, 6) is 1.77. The molecule has 0 saturated carbocycles. The van der Waals surface area contributed by atoms with Crippen molar-refractivity contribution in [3.63, 3.8) is 0 Å². The van der Waals surface area contributed by atoms with E-state index in [2.05, 4.69) is 26.2 Å². The molecule has 1 heteroatoms. The molecular weight excluding hydrogens is 164 g/mol. The molecule has 0 saturated heterocycles. The van der Waals surface area contributed by atoms with Crippen molar-refractivity contribution in [2.45, 2.75) is 33.6 Å². The summed E-state index contributed by atoms with van der Waals surface area (Å²) in [6, 6.07) is 0. The molecule has 0 radical (unpaired) electrons. The Hall–Kier alpha value is -0.300. The first-order valence-corrected chi connectivity index (χ1v) is 5.62. The van der Waals surface area contributed by atoms with E-state index >= 15 is 0 Å². The molecule has 1 atom stereocenters. The molecule has 12 heavy (non-hydrogen) atoms. The van der Waals surface area contributed by atoms with Gasteiger partial charge in [-0.25, -0.2) is 0 Å². The second-order valence-corrected chi connectivity index (χ2v) is 5.20. The summed E-state index contributed by atoms with van der Waals surface area (Å²) >= 11 is 1.96. The van der Waals surface area contributed by atoms with Crippen LogP contribution in [0.3, 0.4) is 0 Å². The van der Waals surface area contributed by atoms with E-state index in [1.54, 1.807) is 10.4 Å². The minimum atomic E-state index is 0.851. The Labute approximate surface area is 78.6 Å². The molecule has 0 bridgehead atoms. The highest BCUT2D eigenvalue weighted by Crippen LogP contribution is 2.36. The van der Waals surface area contributed by atoms with Crippen molar-refractivity contribution in [3.8, 4) is 0 Å². The summed E-state index contributed by atoms with van der Waals surface area (Å²) in [6.07, 6.45) is 2.67. The fourth-order valence-corrected chi connectivity index (χ4v) is 3.17. The van der Waals surface area contributed by atoms with Crippen LogP contribution in [-0.2, 0) is 12.8 Å². The third-order valence-corrected chi connectivity index (χ3v) is 4.22. The standard InChI is InChI=1S/C11H16S/c1-7(2)9-4-10-8(3)6-12-11(10)5-9/h6-7,9H,4-5H2,1-3H3. The Bertz CT molecular complexity index is 283. The van der Waals surface area contributed by atoms with Crippen LogP contribution in [0.15, 0.2) is 5.38 Å². The van der Waals surface area contributed by atoms with Gasteiger partial charge in [0, 0.05) is 4.88 Å². The van der Waals surface area contributed by atoms with Crippen molar-refractivity contribution in [3.05, 3.63) is 21.4 Å². The minimum Gasteiger partial charge on any atom is -0.148 e. The van der Waals surface area contributed by atoms with Crippen LogP contribution in [0.2, 0.25) is 0 Å². The van der Waals surface area contributed by atoms with Crippen molar-refractivity contribution in [1.82, 2.24) is 0 Å². The first-order valence-electron chi connectivity index (χ1n) is 4.74. The number of hydrogen-bond acceptors (Lipinski definition) is 1. The normalized spacial score (nSPS) is 21.8. The first-order chi connectivity index (χ1) is 5.68. The highest BCUT2D eigenvalue weighted by atomic mass is 32.1. The average molecular weight is 180 g/mol. The van der Waals surface area contributed by atoms with Crippen LogP contribution in [0.5, 0.6) is 0 Å². The third kappa shape index (κ3) is 1.20. The number of hydrogen-bond donors (Lipinski definition) is 0. The molecular formula is C11H16S. The van der Waals surface area contributed by atoms with Crippen LogP contribution in [-0.4, -0.2) is 0 Å². The number of fused-ring (bicyclic) bond motifs is 1. The largest absolute Gasteiger partial charge is 0.148 e. The lowest BCUT2D eigenvalue weighted by atomic mass is 9.93. The van der Waals surface area contributed by atoms with Gasteiger partial charge in [-0.3, -0.25) is 0 Å². The van der Waals surface area contributed by atoms with Gasteiger partial charge in [0.15, 0.2) is 0 Å². The Morgan fingerprint density at radius 1 is 1.42 bits per heavy atom. The molecule has 0 nitrogen and oxygen atoms in total. The average Bonchev–Trinajstić information content (AvgIpc) is 2.53. The van der Waals surface area contributed by atoms with E-state index in [-0.39, 0.29) is 0 Å². The fourth-order valence-electron chi connectivity index (χ4n) is 2.01.